The molecule has 0 radical (unpaired) electrons. The van der Waals surface area contributed by atoms with Crippen LogP contribution in [0.4, 0.5) is 0 Å². The van der Waals surface area contributed by atoms with Gasteiger partial charge in [-0.25, -0.2) is 0 Å². The Hall–Kier alpha value is -0.560. The molecule has 1 rings (SSSR count). The fraction of sp³-hybridized carbons (Fsp3) is 0.500. The summed E-state index contributed by atoms with van der Waals surface area (Å²) in [6.45, 7) is 4.00. The summed E-state index contributed by atoms with van der Waals surface area (Å²) < 4.78 is 0. The monoisotopic (exact) mass is 127 g/mol. The van der Waals surface area contributed by atoms with Gasteiger partial charge < -0.3 is 5.73 Å². The first-order valence-electron chi connectivity index (χ1n) is 3.39. The van der Waals surface area contributed by atoms with E-state index in [1.165, 1.54) is 7.05 Å². The second-order valence-electron chi connectivity index (χ2n) is 1.09. The second kappa shape index (κ2) is 15.7. The number of hydrogen-bond acceptors (Lipinski definition) is 1. The summed E-state index contributed by atoms with van der Waals surface area (Å²) in [5, 5.41) is 0. The van der Waals surface area contributed by atoms with Crippen LogP contribution in [0.1, 0.15) is 20.3 Å². The SMILES string of the molecule is C1=CCC=C1.CC.CN. The third-order valence-electron chi connectivity index (χ3n) is 0.655. The van der Waals surface area contributed by atoms with Crippen LogP contribution < -0.4 is 5.73 Å². The largest absolute Gasteiger partial charge is 0.333 e. The highest BCUT2D eigenvalue weighted by Gasteiger charge is 1.72. The van der Waals surface area contributed by atoms with E-state index in [1.54, 1.807) is 0 Å². The minimum absolute atomic E-state index is 1.14. The van der Waals surface area contributed by atoms with Gasteiger partial charge in [-0.2, -0.15) is 0 Å². The fourth-order valence-electron chi connectivity index (χ4n) is 0.393. The van der Waals surface area contributed by atoms with Gasteiger partial charge in [0.15, 0.2) is 0 Å². The molecule has 2 N–H and O–H groups in total. The number of allylic oxidation sites excluding steroid dienone is 4. The molecule has 9 heavy (non-hydrogen) atoms. The summed E-state index contributed by atoms with van der Waals surface area (Å²) in [6.07, 6.45) is 9.50. The number of hydrogen-bond donors (Lipinski definition) is 1. The minimum Gasteiger partial charge on any atom is -0.333 e. The molecule has 54 valence electrons. The molecule has 0 saturated carbocycles. The molecule has 0 fully saturated rings. The molecule has 1 aliphatic rings. The van der Waals surface area contributed by atoms with Crippen molar-refractivity contribution in [1.29, 1.82) is 0 Å². The van der Waals surface area contributed by atoms with E-state index in [-0.39, 0.29) is 0 Å². The lowest BCUT2D eigenvalue weighted by Gasteiger charge is -1.57. The average Bonchev–Trinajstić information content (AvgIpc) is 2.51. The van der Waals surface area contributed by atoms with Crippen LogP contribution in [0.15, 0.2) is 24.3 Å². The van der Waals surface area contributed by atoms with Crippen molar-refractivity contribution < 1.29 is 0 Å². The maximum absolute atomic E-state index is 4.50. The van der Waals surface area contributed by atoms with E-state index in [2.05, 4.69) is 30.0 Å². The third-order valence-corrected chi connectivity index (χ3v) is 0.655. The van der Waals surface area contributed by atoms with Gasteiger partial charge in [0.2, 0.25) is 0 Å². The topological polar surface area (TPSA) is 26.0 Å². The van der Waals surface area contributed by atoms with Crippen molar-refractivity contribution in [2.45, 2.75) is 20.3 Å². The lowest BCUT2D eigenvalue weighted by atomic mass is 10.5. The summed E-state index contributed by atoms with van der Waals surface area (Å²) in [5.41, 5.74) is 4.50. The van der Waals surface area contributed by atoms with Crippen molar-refractivity contribution in [2.75, 3.05) is 7.05 Å². The first kappa shape index (κ1) is 11.3. The average molecular weight is 127 g/mol. The fourth-order valence-corrected chi connectivity index (χ4v) is 0.393. The van der Waals surface area contributed by atoms with Crippen LogP contribution in [0.5, 0.6) is 0 Å². The third kappa shape index (κ3) is 11.2. The van der Waals surface area contributed by atoms with Gasteiger partial charge in [0, 0.05) is 0 Å². The molecular formula is C8H17N. The van der Waals surface area contributed by atoms with E-state index in [4.69, 9.17) is 0 Å². The Bertz CT molecular complexity index is 62.6. The molecule has 1 heteroatoms. The van der Waals surface area contributed by atoms with Crippen LogP contribution in [-0.2, 0) is 0 Å². The van der Waals surface area contributed by atoms with Gasteiger partial charge in [-0.05, 0) is 13.5 Å². The summed E-state index contributed by atoms with van der Waals surface area (Å²) >= 11 is 0. The van der Waals surface area contributed by atoms with Crippen molar-refractivity contribution >= 4 is 0 Å². The lowest BCUT2D eigenvalue weighted by Crippen LogP contribution is -1.69. The summed E-state index contributed by atoms with van der Waals surface area (Å²) in [4.78, 5) is 0. The Kier molecular flexibility index (Phi) is 19.6. The van der Waals surface area contributed by atoms with Crippen molar-refractivity contribution in [3.63, 3.8) is 0 Å². The quantitative estimate of drug-likeness (QED) is 0.530. The molecular weight excluding hydrogens is 110 g/mol. The number of nitrogens with two attached hydrogens (primary N) is 1. The van der Waals surface area contributed by atoms with Crippen LogP contribution in [0.25, 0.3) is 0 Å². The summed E-state index contributed by atoms with van der Waals surface area (Å²) in [5.74, 6) is 0. The van der Waals surface area contributed by atoms with Crippen molar-refractivity contribution in [3.8, 4) is 0 Å². The Morgan fingerprint density at radius 2 is 1.33 bits per heavy atom. The molecule has 0 aromatic carbocycles. The molecule has 0 spiro atoms. The first-order valence-corrected chi connectivity index (χ1v) is 3.39. The molecule has 0 heterocycles. The predicted octanol–water partition coefficient (Wildman–Crippen LogP) is 2.10. The maximum atomic E-state index is 4.50. The van der Waals surface area contributed by atoms with Crippen LogP contribution in [0, 0.1) is 0 Å². The Morgan fingerprint density at radius 3 is 1.44 bits per heavy atom. The highest BCUT2D eigenvalue weighted by molar-refractivity contribution is 5.11. The molecule has 0 aliphatic heterocycles. The molecule has 1 aliphatic carbocycles. The van der Waals surface area contributed by atoms with Gasteiger partial charge >= 0.3 is 0 Å². The van der Waals surface area contributed by atoms with E-state index in [9.17, 15) is 0 Å². The Morgan fingerprint density at radius 1 is 1.00 bits per heavy atom. The van der Waals surface area contributed by atoms with Gasteiger partial charge in [-0.15, -0.1) is 0 Å². The van der Waals surface area contributed by atoms with Crippen molar-refractivity contribution in [1.82, 2.24) is 0 Å². The first-order chi connectivity index (χ1) is 4.50. The van der Waals surface area contributed by atoms with Crippen molar-refractivity contribution in [2.24, 2.45) is 5.73 Å². The number of rotatable bonds is 0. The summed E-state index contributed by atoms with van der Waals surface area (Å²) in [6, 6.07) is 0. The molecule has 0 bridgehead atoms. The predicted molar refractivity (Wildman–Crippen MR) is 44.4 cm³/mol. The highest BCUT2D eigenvalue weighted by Crippen LogP contribution is 1.93. The zero-order valence-corrected chi connectivity index (χ0v) is 6.59. The molecule has 0 amide bonds. The van der Waals surface area contributed by atoms with Crippen LogP contribution in [0.3, 0.4) is 0 Å². The van der Waals surface area contributed by atoms with E-state index in [0.717, 1.165) is 6.42 Å². The zero-order valence-electron chi connectivity index (χ0n) is 6.59. The molecule has 0 atom stereocenters. The molecule has 1 nitrogen and oxygen atoms in total. The zero-order chi connectivity index (χ0) is 7.54. The molecule has 0 aromatic heterocycles. The standard InChI is InChI=1S/C5H6.C2H6.CH5N/c1-2-4-5-3-1;2*1-2/h1-4H,5H2;1-2H3;2H2,1H3. The Balaban J connectivity index is 0. The molecule has 0 saturated heterocycles. The molecule has 0 aromatic rings. The lowest BCUT2D eigenvalue weighted by molar-refractivity contribution is 1.45. The van der Waals surface area contributed by atoms with E-state index >= 15 is 0 Å². The van der Waals surface area contributed by atoms with Gasteiger partial charge in [-0.1, -0.05) is 38.2 Å². The van der Waals surface area contributed by atoms with E-state index in [0.29, 0.717) is 0 Å². The van der Waals surface area contributed by atoms with Crippen LogP contribution in [-0.4, -0.2) is 7.05 Å². The van der Waals surface area contributed by atoms with Crippen LogP contribution in [0.2, 0.25) is 0 Å². The normalized spacial score (nSPS) is 11.1. The van der Waals surface area contributed by atoms with Gasteiger partial charge in [-0.3, -0.25) is 0 Å². The van der Waals surface area contributed by atoms with Gasteiger partial charge in [0.05, 0.1) is 0 Å². The Labute approximate surface area is 58.3 Å². The van der Waals surface area contributed by atoms with Crippen molar-refractivity contribution in [3.05, 3.63) is 24.3 Å². The van der Waals surface area contributed by atoms with E-state index in [1.807, 2.05) is 13.8 Å². The highest BCUT2D eigenvalue weighted by atomic mass is 14.4. The molecule has 0 unspecified atom stereocenters. The summed E-state index contributed by atoms with van der Waals surface area (Å²) in [7, 11) is 1.50. The van der Waals surface area contributed by atoms with Gasteiger partial charge in [0.1, 0.15) is 0 Å². The second-order valence-corrected chi connectivity index (χ2v) is 1.09. The smallest absolute Gasteiger partial charge is 0.0163 e. The van der Waals surface area contributed by atoms with Gasteiger partial charge in [0.25, 0.3) is 0 Å². The van der Waals surface area contributed by atoms with Crippen LogP contribution >= 0.6 is 0 Å². The maximum Gasteiger partial charge on any atom is -0.0163 e. The van der Waals surface area contributed by atoms with E-state index < -0.39 is 0 Å². The minimum atomic E-state index is 1.14.